The van der Waals surface area contributed by atoms with Crippen molar-refractivity contribution >= 4 is 12.1 Å². The Balaban J connectivity index is 2.24. The molecule has 0 spiro atoms. The van der Waals surface area contributed by atoms with Crippen molar-refractivity contribution in [2.75, 3.05) is 18.0 Å². The van der Waals surface area contributed by atoms with E-state index in [4.69, 9.17) is 0 Å². The van der Waals surface area contributed by atoms with Crippen molar-refractivity contribution in [3.05, 3.63) is 35.0 Å². The van der Waals surface area contributed by atoms with E-state index in [-0.39, 0.29) is 0 Å². The summed E-state index contributed by atoms with van der Waals surface area (Å²) < 4.78 is 0. The molecule has 2 heterocycles. The van der Waals surface area contributed by atoms with Gasteiger partial charge in [-0.3, -0.25) is 4.79 Å². The van der Waals surface area contributed by atoms with Crippen LogP contribution in [0.25, 0.3) is 0 Å². The first-order valence-corrected chi connectivity index (χ1v) is 5.53. The molecule has 0 atom stereocenters. The van der Waals surface area contributed by atoms with E-state index in [2.05, 4.69) is 22.9 Å². The van der Waals surface area contributed by atoms with Gasteiger partial charge in [-0.05, 0) is 31.9 Å². The molecule has 3 heteroatoms. The standard InChI is InChI=1S/C13H16N2O/c1-10-3-5-15(6-4-10)13-11(2)7-12(9-16)8-14-13/h3,7-9H,4-6H2,1-2H3. The second-order valence-electron chi connectivity index (χ2n) is 4.27. The molecule has 3 nitrogen and oxygen atoms in total. The first-order chi connectivity index (χ1) is 7.70. The Hall–Kier alpha value is -1.64. The number of anilines is 1. The van der Waals surface area contributed by atoms with Gasteiger partial charge in [0.25, 0.3) is 0 Å². The quantitative estimate of drug-likeness (QED) is 0.562. The van der Waals surface area contributed by atoms with Crippen LogP contribution in [0.3, 0.4) is 0 Å². The summed E-state index contributed by atoms with van der Waals surface area (Å²) >= 11 is 0. The molecule has 0 saturated carbocycles. The largest absolute Gasteiger partial charge is 0.352 e. The van der Waals surface area contributed by atoms with E-state index in [9.17, 15) is 4.79 Å². The Bertz CT molecular complexity index is 438. The van der Waals surface area contributed by atoms with Crippen molar-refractivity contribution in [3.8, 4) is 0 Å². The zero-order valence-corrected chi connectivity index (χ0v) is 9.73. The summed E-state index contributed by atoms with van der Waals surface area (Å²) in [6.45, 7) is 6.09. The lowest BCUT2D eigenvalue weighted by atomic mass is 10.1. The fourth-order valence-electron chi connectivity index (χ4n) is 1.95. The molecule has 0 radical (unpaired) electrons. The monoisotopic (exact) mass is 216 g/mol. The van der Waals surface area contributed by atoms with E-state index >= 15 is 0 Å². The number of nitrogens with zero attached hydrogens (tertiary/aromatic N) is 2. The van der Waals surface area contributed by atoms with E-state index in [1.54, 1.807) is 6.20 Å². The van der Waals surface area contributed by atoms with Gasteiger partial charge >= 0.3 is 0 Å². The summed E-state index contributed by atoms with van der Waals surface area (Å²) in [4.78, 5) is 17.2. The lowest BCUT2D eigenvalue weighted by Crippen LogP contribution is -2.29. The molecule has 2 rings (SSSR count). The van der Waals surface area contributed by atoms with E-state index in [1.807, 2.05) is 13.0 Å². The lowest BCUT2D eigenvalue weighted by molar-refractivity contribution is 0.112. The molecule has 84 valence electrons. The van der Waals surface area contributed by atoms with Crippen LogP contribution in [0.1, 0.15) is 29.3 Å². The third kappa shape index (κ3) is 2.13. The molecule has 0 saturated heterocycles. The smallest absolute Gasteiger partial charge is 0.151 e. The summed E-state index contributed by atoms with van der Waals surface area (Å²) in [5.41, 5.74) is 3.15. The number of pyridine rings is 1. The average molecular weight is 216 g/mol. The van der Waals surface area contributed by atoms with E-state index in [0.717, 1.165) is 37.2 Å². The Labute approximate surface area is 95.8 Å². The van der Waals surface area contributed by atoms with Gasteiger partial charge < -0.3 is 4.90 Å². The zero-order chi connectivity index (χ0) is 11.5. The van der Waals surface area contributed by atoms with Gasteiger partial charge in [0.1, 0.15) is 5.82 Å². The molecule has 0 aromatic carbocycles. The van der Waals surface area contributed by atoms with Crippen LogP contribution in [-0.4, -0.2) is 24.4 Å². The molecule has 0 aliphatic carbocycles. The van der Waals surface area contributed by atoms with Crippen LogP contribution in [0.4, 0.5) is 5.82 Å². The molecule has 0 bridgehead atoms. The summed E-state index contributed by atoms with van der Waals surface area (Å²) in [7, 11) is 0. The Morgan fingerprint density at radius 3 is 2.81 bits per heavy atom. The third-order valence-electron chi connectivity index (χ3n) is 2.94. The fourth-order valence-corrected chi connectivity index (χ4v) is 1.95. The normalized spacial score (nSPS) is 15.9. The van der Waals surface area contributed by atoms with Crippen LogP contribution in [0, 0.1) is 6.92 Å². The van der Waals surface area contributed by atoms with Gasteiger partial charge in [-0.1, -0.05) is 11.6 Å². The maximum Gasteiger partial charge on any atom is 0.151 e. The molecule has 0 unspecified atom stereocenters. The van der Waals surface area contributed by atoms with Gasteiger partial charge in [-0.15, -0.1) is 0 Å². The van der Waals surface area contributed by atoms with Crippen molar-refractivity contribution in [2.24, 2.45) is 0 Å². The Morgan fingerprint density at radius 2 is 2.25 bits per heavy atom. The van der Waals surface area contributed by atoms with Gasteiger partial charge in [-0.2, -0.15) is 0 Å². The van der Waals surface area contributed by atoms with Crippen LogP contribution in [0.5, 0.6) is 0 Å². The van der Waals surface area contributed by atoms with Crippen molar-refractivity contribution in [1.82, 2.24) is 4.98 Å². The lowest BCUT2D eigenvalue weighted by Gasteiger charge is -2.27. The minimum Gasteiger partial charge on any atom is -0.352 e. The number of carbonyl (C=O) groups is 1. The van der Waals surface area contributed by atoms with Gasteiger partial charge in [0.15, 0.2) is 6.29 Å². The van der Waals surface area contributed by atoms with Crippen molar-refractivity contribution in [2.45, 2.75) is 20.3 Å². The Kier molecular flexibility index (Phi) is 3.04. The van der Waals surface area contributed by atoms with Gasteiger partial charge in [-0.25, -0.2) is 4.98 Å². The third-order valence-corrected chi connectivity index (χ3v) is 2.94. The molecule has 0 fully saturated rings. The molecule has 0 amide bonds. The maximum absolute atomic E-state index is 10.6. The molecule has 1 aromatic heterocycles. The number of aryl methyl sites for hydroxylation is 1. The number of aldehydes is 1. The second-order valence-corrected chi connectivity index (χ2v) is 4.27. The first-order valence-electron chi connectivity index (χ1n) is 5.53. The minimum atomic E-state index is 0.644. The summed E-state index contributed by atoms with van der Waals surface area (Å²) in [5, 5.41) is 0. The van der Waals surface area contributed by atoms with Crippen molar-refractivity contribution in [3.63, 3.8) is 0 Å². The van der Waals surface area contributed by atoms with Gasteiger partial charge in [0, 0.05) is 24.8 Å². The highest BCUT2D eigenvalue weighted by Crippen LogP contribution is 2.21. The topological polar surface area (TPSA) is 33.2 Å². The SMILES string of the molecule is CC1=CCN(c2ncc(C=O)cc2C)CC1. The van der Waals surface area contributed by atoms with E-state index in [1.165, 1.54) is 5.57 Å². The van der Waals surface area contributed by atoms with Crippen LogP contribution >= 0.6 is 0 Å². The van der Waals surface area contributed by atoms with Crippen LogP contribution < -0.4 is 4.90 Å². The van der Waals surface area contributed by atoms with Crippen LogP contribution in [-0.2, 0) is 0 Å². The number of carbonyl (C=O) groups excluding carboxylic acids is 1. The summed E-state index contributed by atoms with van der Waals surface area (Å²) in [6, 6.07) is 1.89. The predicted octanol–water partition coefficient (Wildman–Crippen LogP) is 2.36. The molecule has 0 N–H and O–H groups in total. The highest BCUT2D eigenvalue weighted by molar-refractivity contribution is 5.75. The second kappa shape index (κ2) is 4.47. The summed E-state index contributed by atoms with van der Waals surface area (Å²) in [6.07, 6.45) is 5.80. The predicted molar refractivity (Wildman–Crippen MR) is 64.9 cm³/mol. The van der Waals surface area contributed by atoms with Crippen molar-refractivity contribution < 1.29 is 4.79 Å². The van der Waals surface area contributed by atoms with Crippen LogP contribution in [0.15, 0.2) is 23.9 Å². The number of hydrogen-bond acceptors (Lipinski definition) is 3. The highest BCUT2D eigenvalue weighted by Gasteiger charge is 2.13. The molecule has 16 heavy (non-hydrogen) atoms. The minimum absolute atomic E-state index is 0.644. The maximum atomic E-state index is 10.6. The molecule has 1 aromatic rings. The van der Waals surface area contributed by atoms with Crippen LogP contribution in [0.2, 0.25) is 0 Å². The number of rotatable bonds is 2. The molecule has 1 aliphatic heterocycles. The Morgan fingerprint density at radius 1 is 1.44 bits per heavy atom. The zero-order valence-electron chi connectivity index (χ0n) is 9.73. The average Bonchev–Trinajstić information content (AvgIpc) is 2.30. The number of aromatic nitrogens is 1. The van der Waals surface area contributed by atoms with Crippen molar-refractivity contribution in [1.29, 1.82) is 0 Å². The first kappa shape index (κ1) is 10.9. The highest BCUT2D eigenvalue weighted by atomic mass is 16.1. The number of hydrogen-bond donors (Lipinski definition) is 0. The van der Waals surface area contributed by atoms with E-state index < -0.39 is 0 Å². The summed E-state index contributed by atoms with van der Waals surface area (Å²) in [5.74, 6) is 0.995. The molecular formula is C13H16N2O. The van der Waals surface area contributed by atoms with E-state index in [0.29, 0.717) is 5.56 Å². The van der Waals surface area contributed by atoms with Gasteiger partial charge in [0.05, 0.1) is 0 Å². The fraction of sp³-hybridized carbons (Fsp3) is 0.385. The molecular weight excluding hydrogens is 200 g/mol. The van der Waals surface area contributed by atoms with Gasteiger partial charge in [0.2, 0.25) is 0 Å². The molecule has 1 aliphatic rings.